The number of nitrogens with zero attached hydrogens (tertiary/aromatic N) is 4. The highest BCUT2D eigenvalue weighted by molar-refractivity contribution is 7.53. The molecule has 2 aromatic heterocycles. The molecule has 2 rings (SSSR count). The molecule has 0 aliphatic rings. The highest BCUT2D eigenvalue weighted by atomic mass is 31.2. The predicted octanol–water partition coefficient (Wildman–Crippen LogP) is 1.83. The van der Waals surface area contributed by atoms with Gasteiger partial charge in [0, 0.05) is 6.42 Å². The SMILES string of the molecule is CCOP(=O)(CO[C@@H](CF)Cc1cnc2c(N)ncnn12)OCC. The van der Waals surface area contributed by atoms with Gasteiger partial charge in [0.05, 0.1) is 31.2 Å². The number of imidazole rings is 1. The fraction of sp³-hybridized carbons (Fsp3) is 0.615. The molecule has 2 heterocycles. The first-order valence-corrected chi connectivity index (χ1v) is 9.24. The van der Waals surface area contributed by atoms with Crippen molar-refractivity contribution in [1.82, 2.24) is 19.6 Å². The lowest BCUT2D eigenvalue weighted by molar-refractivity contribution is 0.0484. The largest absolute Gasteiger partial charge is 0.381 e. The van der Waals surface area contributed by atoms with Gasteiger partial charge in [-0.15, -0.1) is 0 Å². The van der Waals surface area contributed by atoms with Gasteiger partial charge in [-0.25, -0.2) is 18.9 Å². The van der Waals surface area contributed by atoms with Gasteiger partial charge in [0.25, 0.3) is 0 Å². The first-order valence-electron chi connectivity index (χ1n) is 7.51. The smallest absolute Gasteiger partial charge is 0.356 e. The number of nitrogens with two attached hydrogens (primary N) is 1. The van der Waals surface area contributed by atoms with Crippen LogP contribution < -0.4 is 5.73 Å². The molecule has 9 nitrogen and oxygen atoms in total. The Morgan fingerprint density at radius 2 is 2.04 bits per heavy atom. The Balaban J connectivity index is 2.06. The molecule has 0 aromatic carbocycles. The third-order valence-corrected chi connectivity index (χ3v) is 4.90. The maximum absolute atomic E-state index is 13.3. The van der Waals surface area contributed by atoms with Gasteiger partial charge < -0.3 is 19.5 Å². The fourth-order valence-electron chi connectivity index (χ4n) is 2.11. The second kappa shape index (κ2) is 8.48. The molecule has 2 aromatic rings. The number of rotatable bonds is 10. The van der Waals surface area contributed by atoms with Crippen molar-refractivity contribution in [2.75, 3.05) is 32.0 Å². The van der Waals surface area contributed by atoms with Gasteiger partial charge in [-0.1, -0.05) is 0 Å². The topological polar surface area (TPSA) is 114 Å². The number of fused-ring (bicyclic) bond motifs is 1. The van der Waals surface area contributed by atoms with E-state index in [-0.39, 0.29) is 31.8 Å². The van der Waals surface area contributed by atoms with E-state index in [2.05, 4.69) is 15.1 Å². The van der Waals surface area contributed by atoms with Crippen LogP contribution in [0.4, 0.5) is 10.2 Å². The minimum atomic E-state index is -3.39. The quantitative estimate of drug-likeness (QED) is 0.638. The summed E-state index contributed by atoms with van der Waals surface area (Å²) in [6.45, 7) is 3.04. The van der Waals surface area contributed by atoms with Crippen LogP contribution in [0.15, 0.2) is 12.5 Å². The molecule has 2 N–H and O–H groups in total. The zero-order valence-corrected chi connectivity index (χ0v) is 14.5. The van der Waals surface area contributed by atoms with E-state index in [4.69, 9.17) is 19.5 Å². The van der Waals surface area contributed by atoms with E-state index in [1.807, 2.05) is 0 Å². The Morgan fingerprint density at radius 1 is 1.33 bits per heavy atom. The summed E-state index contributed by atoms with van der Waals surface area (Å²) in [4.78, 5) is 7.94. The highest BCUT2D eigenvalue weighted by Gasteiger charge is 2.26. The lowest BCUT2D eigenvalue weighted by Crippen LogP contribution is -2.21. The third-order valence-electron chi connectivity index (χ3n) is 3.13. The number of ether oxygens (including phenoxy) is 1. The number of hydrogen-bond donors (Lipinski definition) is 1. The second-order valence-electron chi connectivity index (χ2n) is 4.85. The number of hydrogen-bond acceptors (Lipinski definition) is 8. The molecule has 0 bridgehead atoms. The van der Waals surface area contributed by atoms with Crippen molar-refractivity contribution in [2.45, 2.75) is 26.4 Å². The minimum absolute atomic E-state index is 0.173. The normalized spacial score (nSPS) is 13.5. The van der Waals surface area contributed by atoms with Crippen molar-refractivity contribution < 1.29 is 22.7 Å². The Morgan fingerprint density at radius 3 is 2.67 bits per heavy atom. The number of alkyl halides is 1. The van der Waals surface area contributed by atoms with Crippen LogP contribution in [-0.4, -0.2) is 51.9 Å². The van der Waals surface area contributed by atoms with Gasteiger partial charge in [-0.3, -0.25) is 4.57 Å². The van der Waals surface area contributed by atoms with Crippen LogP contribution >= 0.6 is 7.60 Å². The number of aromatic nitrogens is 4. The van der Waals surface area contributed by atoms with Gasteiger partial charge in [-0.05, 0) is 13.8 Å². The van der Waals surface area contributed by atoms with E-state index in [0.29, 0.717) is 11.3 Å². The van der Waals surface area contributed by atoms with Gasteiger partial charge in [0.2, 0.25) is 0 Å². The first kappa shape index (κ1) is 18.7. The molecule has 0 saturated heterocycles. The summed E-state index contributed by atoms with van der Waals surface area (Å²) < 4.78 is 42.8. The summed E-state index contributed by atoms with van der Waals surface area (Å²) in [5, 5.41) is 4.04. The van der Waals surface area contributed by atoms with E-state index < -0.39 is 20.4 Å². The summed E-state index contributed by atoms with van der Waals surface area (Å²) in [7, 11) is -3.39. The molecule has 0 aliphatic heterocycles. The molecule has 0 amide bonds. The highest BCUT2D eigenvalue weighted by Crippen LogP contribution is 2.48. The lowest BCUT2D eigenvalue weighted by Gasteiger charge is -2.20. The zero-order valence-electron chi connectivity index (χ0n) is 13.6. The summed E-state index contributed by atoms with van der Waals surface area (Å²) in [5.41, 5.74) is 6.70. The molecular formula is C13H21FN5O4P. The van der Waals surface area contributed by atoms with Gasteiger partial charge in [-0.2, -0.15) is 5.10 Å². The number of halogens is 1. The Hall–Kier alpha value is -1.61. The first-order chi connectivity index (χ1) is 11.5. The maximum Gasteiger partial charge on any atom is 0.356 e. The third kappa shape index (κ3) is 4.47. The van der Waals surface area contributed by atoms with Crippen molar-refractivity contribution in [3.8, 4) is 0 Å². The van der Waals surface area contributed by atoms with E-state index in [1.54, 1.807) is 13.8 Å². The van der Waals surface area contributed by atoms with Crippen molar-refractivity contribution in [2.24, 2.45) is 0 Å². The van der Waals surface area contributed by atoms with Gasteiger partial charge in [0.1, 0.15) is 19.3 Å². The van der Waals surface area contributed by atoms with Crippen molar-refractivity contribution in [1.29, 1.82) is 0 Å². The van der Waals surface area contributed by atoms with Crippen LogP contribution in [0.1, 0.15) is 19.5 Å². The molecule has 0 saturated carbocycles. The van der Waals surface area contributed by atoms with Crippen LogP contribution in [0.25, 0.3) is 5.65 Å². The summed E-state index contributed by atoms with van der Waals surface area (Å²) >= 11 is 0. The minimum Gasteiger partial charge on any atom is -0.381 e. The van der Waals surface area contributed by atoms with Crippen LogP contribution in [-0.2, 0) is 24.8 Å². The lowest BCUT2D eigenvalue weighted by atomic mass is 10.2. The Bertz CT molecular complexity index is 703. The van der Waals surface area contributed by atoms with E-state index >= 15 is 0 Å². The fourth-order valence-corrected chi connectivity index (χ4v) is 3.52. The van der Waals surface area contributed by atoms with Crippen molar-refractivity contribution >= 4 is 19.1 Å². The molecule has 11 heteroatoms. The van der Waals surface area contributed by atoms with Gasteiger partial charge >= 0.3 is 7.60 Å². The average Bonchev–Trinajstić information content (AvgIpc) is 2.96. The van der Waals surface area contributed by atoms with E-state index in [0.717, 1.165) is 0 Å². The summed E-state index contributed by atoms with van der Waals surface area (Å²) in [5.74, 6) is 0.228. The zero-order chi connectivity index (χ0) is 17.6. The molecule has 24 heavy (non-hydrogen) atoms. The molecule has 0 unspecified atom stereocenters. The van der Waals surface area contributed by atoms with Crippen LogP contribution in [0, 0.1) is 0 Å². The van der Waals surface area contributed by atoms with E-state index in [9.17, 15) is 8.96 Å². The number of anilines is 1. The predicted molar refractivity (Wildman–Crippen MR) is 85.5 cm³/mol. The number of nitrogen functional groups attached to an aromatic ring is 1. The average molecular weight is 361 g/mol. The summed E-state index contributed by atoms with van der Waals surface area (Å²) in [6.07, 6.45) is 1.83. The van der Waals surface area contributed by atoms with Crippen molar-refractivity contribution in [3.05, 3.63) is 18.2 Å². The Labute approximate surface area is 138 Å². The van der Waals surface area contributed by atoms with Crippen LogP contribution in [0.2, 0.25) is 0 Å². The molecule has 0 radical (unpaired) electrons. The monoisotopic (exact) mass is 361 g/mol. The van der Waals surface area contributed by atoms with Gasteiger partial charge in [0.15, 0.2) is 11.5 Å². The Kier molecular flexibility index (Phi) is 6.61. The molecular weight excluding hydrogens is 340 g/mol. The molecule has 1 atom stereocenters. The second-order valence-corrected chi connectivity index (χ2v) is 6.85. The van der Waals surface area contributed by atoms with Crippen molar-refractivity contribution in [3.63, 3.8) is 0 Å². The molecule has 0 aliphatic carbocycles. The van der Waals surface area contributed by atoms with E-state index in [1.165, 1.54) is 17.0 Å². The van der Waals surface area contributed by atoms with Crippen LogP contribution in [0.3, 0.4) is 0 Å². The standard InChI is InChI=1S/C13H21FN5O4P/c1-3-22-24(20,23-4-2)9-21-11(6-14)5-10-7-16-13-12(15)17-8-18-19(10)13/h7-8,11H,3-6,9H2,1-2H3,(H2,15,17,18)/t11-/m1/s1. The molecule has 134 valence electrons. The van der Waals surface area contributed by atoms with Crippen LogP contribution in [0.5, 0.6) is 0 Å². The molecule has 0 spiro atoms. The maximum atomic E-state index is 13.3. The molecule has 0 fully saturated rings. The summed E-state index contributed by atoms with van der Waals surface area (Å²) in [6, 6.07) is 0.